The first-order valence-electron chi connectivity index (χ1n) is 6.12. The average molecular weight is 291 g/mol. The second-order valence-electron chi connectivity index (χ2n) is 4.80. The molecule has 2 rings (SSSR count). The van der Waals surface area contributed by atoms with Gasteiger partial charge < -0.3 is 5.73 Å². The molecule has 0 radical (unpaired) electrons. The first kappa shape index (κ1) is 14.3. The number of nitrogen functional groups attached to an aromatic ring is 1. The van der Waals surface area contributed by atoms with Crippen molar-refractivity contribution in [2.24, 2.45) is 0 Å². The largest absolute Gasteiger partial charge is 0.399 e. The van der Waals surface area contributed by atoms with Gasteiger partial charge in [-0.25, -0.2) is 13.4 Å². The number of rotatable bonds is 3. The van der Waals surface area contributed by atoms with Crippen LogP contribution in [0.25, 0.3) is 0 Å². The van der Waals surface area contributed by atoms with Crippen molar-refractivity contribution in [2.75, 3.05) is 10.5 Å². The molecule has 5 nitrogen and oxygen atoms in total. The van der Waals surface area contributed by atoms with Crippen molar-refractivity contribution >= 4 is 21.5 Å². The summed E-state index contributed by atoms with van der Waals surface area (Å²) in [6, 6.07) is 8.26. The molecule has 1 aromatic carbocycles. The molecule has 106 valence electrons. The molecule has 3 N–H and O–H groups in total. The van der Waals surface area contributed by atoms with E-state index >= 15 is 0 Å². The van der Waals surface area contributed by atoms with E-state index in [0.717, 1.165) is 11.3 Å². The lowest BCUT2D eigenvalue weighted by Gasteiger charge is -2.11. The van der Waals surface area contributed by atoms with Crippen molar-refractivity contribution in [1.82, 2.24) is 4.98 Å². The Morgan fingerprint density at radius 2 is 1.80 bits per heavy atom. The molecule has 1 aromatic heterocycles. The van der Waals surface area contributed by atoms with Gasteiger partial charge in [0.1, 0.15) is 5.82 Å². The van der Waals surface area contributed by atoms with E-state index in [1.807, 2.05) is 19.9 Å². The Balaban J connectivity index is 2.40. The molecule has 0 amide bonds. The lowest BCUT2D eigenvalue weighted by atomic mass is 10.2. The van der Waals surface area contributed by atoms with Crippen molar-refractivity contribution in [2.45, 2.75) is 25.7 Å². The molecule has 0 saturated carbocycles. The highest BCUT2D eigenvalue weighted by atomic mass is 32.2. The maximum absolute atomic E-state index is 12.4. The number of sulfonamides is 1. The lowest BCUT2D eigenvalue weighted by Crippen LogP contribution is -2.15. The molecule has 2 aromatic rings. The average Bonchev–Trinajstić information content (AvgIpc) is 2.25. The lowest BCUT2D eigenvalue weighted by molar-refractivity contribution is 0.600. The molecule has 0 atom stereocenters. The molecule has 0 spiro atoms. The van der Waals surface area contributed by atoms with Gasteiger partial charge >= 0.3 is 0 Å². The SMILES string of the molecule is Cc1cc(C)nc(NS(=O)(=O)c2ccc(N)cc2C)c1. The predicted octanol–water partition coefficient (Wildman–Crippen LogP) is 2.39. The minimum Gasteiger partial charge on any atom is -0.399 e. The smallest absolute Gasteiger partial charge is 0.263 e. The highest BCUT2D eigenvalue weighted by Crippen LogP contribution is 2.21. The maximum atomic E-state index is 12.4. The van der Waals surface area contributed by atoms with Crippen molar-refractivity contribution in [1.29, 1.82) is 0 Å². The molecule has 0 aliphatic carbocycles. The Morgan fingerprint density at radius 3 is 2.40 bits per heavy atom. The topological polar surface area (TPSA) is 85.1 Å². The Bertz CT molecular complexity index is 735. The number of hydrogen-bond acceptors (Lipinski definition) is 4. The molecule has 1 heterocycles. The Morgan fingerprint density at radius 1 is 1.10 bits per heavy atom. The fraction of sp³-hybridized carbons (Fsp3) is 0.214. The van der Waals surface area contributed by atoms with E-state index in [1.54, 1.807) is 25.1 Å². The molecule has 0 fully saturated rings. The fourth-order valence-corrected chi connectivity index (χ4v) is 3.28. The van der Waals surface area contributed by atoms with Crippen LogP contribution in [-0.2, 0) is 10.0 Å². The summed E-state index contributed by atoms with van der Waals surface area (Å²) in [5.41, 5.74) is 8.48. The third kappa shape index (κ3) is 3.08. The Hall–Kier alpha value is -2.08. The van der Waals surface area contributed by atoms with Crippen LogP contribution in [0, 0.1) is 20.8 Å². The van der Waals surface area contributed by atoms with Crippen LogP contribution in [0.3, 0.4) is 0 Å². The second-order valence-corrected chi connectivity index (χ2v) is 6.45. The molecule has 0 aliphatic heterocycles. The van der Waals surface area contributed by atoms with E-state index in [2.05, 4.69) is 9.71 Å². The van der Waals surface area contributed by atoms with Crippen LogP contribution in [-0.4, -0.2) is 13.4 Å². The molecule has 0 unspecified atom stereocenters. The van der Waals surface area contributed by atoms with Gasteiger partial charge in [0.15, 0.2) is 0 Å². The number of nitrogens with two attached hydrogens (primary N) is 1. The summed E-state index contributed by atoms with van der Waals surface area (Å²) >= 11 is 0. The highest BCUT2D eigenvalue weighted by Gasteiger charge is 2.17. The van der Waals surface area contributed by atoms with Gasteiger partial charge in [0.05, 0.1) is 4.90 Å². The highest BCUT2D eigenvalue weighted by molar-refractivity contribution is 7.92. The van der Waals surface area contributed by atoms with Crippen LogP contribution in [0.1, 0.15) is 16.8 Å². The van der Waals surface area contributed by atoms with Crippen molar-refractivity contribution in [3.05, 3.63) is 47.2 Å². The number of anilines is 2. The quantitative estimate of drug-likeness (QED) is 0.850. The summed E-state index contributed by atoms with van der Waals surface area (Å²) in [6.07, 6.45) is 0. The molecular weight excluding hydrogens is 274 g/mol. The summed E-state index contributed by atoms with van der Waals surface area (Å²) in [5, 5.41) is 0. The van der Waals surface area contributed by atoms with Gasteiger partial charge in [0.25, 0.3) is 10.0 Å². The number of aromatic nitrogens is 1. The van der Waals surface area contributed by atoms with E-state index in [-0.39, 0.29) is 4.90 Å². The van der Waals surface area contributed by atoms with Crippen LogP contribution >= 0.6 is 0 Å². The zero-order chi connectivity index (χ0) is 14.9. The second kappa shape index (κ2) is 5.13. The van der Waals surface area contributed by atoms with Gasteiger partial charge in [0.2, 0.25) is 0 Å². The van der Waals surface area contributed by atoms with Crippen LogP contribution in [0.5, 0.6) is 0 Å². The van der Waals surface area contributed by atoms with E-state index in [9.17, 15) is 8.42 Å². The number of pyridine rings is 1. The van der Waals surface area contributed by atoms with Crippen LogP contribution < -0.4 is 10.5 Å². The van der Waals surface area contributed by atoms with Crippen LogP contribution in [0.4, 0.5) is 11.5 Å². The van der Waals surface area contributed by atoms with Gasteiger partial charge in [-0.05, 0) is 62.2 Å². The van der Waals surface area contributed by atoms with Gasteiger partial charge in [-0.1, -0.05) is 0 Å². The van der Waals surface area contributed by atoms with Crippen LogP contribution in [0.15, 0.2) is 35.2 Å². The van der Waals surface area contributed by atoms with Gasteiger partial charge in [-0.15, -0.1) is 0 Å². The predicted molar refractivity (Wildman–Crippen MR) is 80.1 cm³/mol. The zero-order valence-electron chi connectivity index (χ0n) is 11.6. The first-order chi connectivity index (χ1) is 9.28. The van der Waals surface area contributed by atoms with E-state index < -0.39 is 10.0 Å². The molecule has 0 saturated heterocycles. The van der Waals surface area contributed by atoms with E-state index in [4.69, 9.17) is 5.73 Å². The molecule has 6 heteroatoms. The minimum atomic E-state index is -3.66. The molecule has 0 aliphatic rings. The Labute approximate surface area is 118 Å². The normalized spacial score (nSPS) is 11.3. The molecule has 20 heavy (non-hydrogen) atoms. The van der Waals surface area contributed by atoms with Crippen molar-refractivity contribution < 1.29 is 8.42 Å². The van der Waals surface area contributed by atoms with Crippen molar-refractivity contribution in [3.63, 3.8) is 0 Å². The van der Waals surface area contributed by atoms with Gasteiger partial charge in [-0.2, -0.15) is 0 Å². The van der Waals surface area contributed by atoms with E-state index in [0.29, 0.717) is 17.1 Å². The summed E-state index contributed by atoms with van der Waals surface area (Å²) < 4.78 is 27.2. The maximum Gasteiger partial charge on any atom is 0.263 e. The monoisotopic (exact) mass is 291 g/mol. The third-order valence-electron chi connectivity index (χ3n) is 2.83. The van der Waals surface area contributed by atoms with Crippen LogP contribution in [0.2, 0.25) is 0 Å². The zero-order valence-corrected chi connectivity index (χ0v) is 12.5. The third-order valence-corrected chi connectivity index (χ3v) is 4.34. The number of hydrogen-bond donors (Lipinski definition) is 2. The van der Waals surface area contributed by atoms with E-state index in [1.165, 1.54) is 6.07 Å². The number of nitrogens with zero attached hydrogens (tertiary/aromatic N) is 1. The number of aryl methyl sites for hydroxylation is 3. The molecular formula is C14H17N3O2S. The van der Waals surface area contributed by atoms with Crippen molar-refractivity contribution in [3.8, 4) is 0 Å². The number of nitrogens with one attached hydrogen (secondary N) is 1. The van der Waals surface area contributed by atoms with Gasteiger partial charge in [0, 0.05) is 11.4 Å². The van der Waals surface area contributed by atoms with Gasteiger partial charge in [-0.3, -0.25) is 4.72 Å². The summed E-state index contributed by atoms with van der Waals surface area (Å²) in [6.45, 7) is 5.42. The summed E-state index contributed by atoms with van der Waals surface area (Å²) in [5.74, 6) is 0.318. The number of benzene rings is 1. The fourth-order valence-electron chi connectivity index (χ4n) is 2.06. The first-order valence-corrected chi connectivity index (χ1v) is 7.60. The summed E-state index contributed by atoms with van der Waals surface area (Å²) in [4.78, 5) is 4.38. The standard InChI is InChI=1S/C14H17N3O2S/c1-9-6-11(3)16-14(7-9)17-20(18,19)13-5-4-12(15)8-10(13)2/h4-8H,15H2,1-3H3,(H,16,17). The minimum absolute atomic E-state index is 0.202. The summed E-state index contributed by atoms with van der Waals surface area (Å²) in [7, 11) is -3.66. The molecule has 0 bridgehead atoms. The Kier molecular flexibility index (Phi) is 3.67.